The van der Waals surface area contributed by atoms with Crippen LogP contribution in [0.15, 0.2) is 4.52 Å². The van der Waals surface area contributed by atoms with Crippen LogP contribution >= 0.6 is 11.3 Å². The van der Waals surface area contributed by atoms with Crippen LogP contribution in [0.3, 0.4) is 0 Å². The van der Waals surface area contributed by atoms with Gasteiger partial charge in [0.2, 0.25) is 5.89 Å². The quantitative estimate of drug-likeness (QED) is 0.824. The minimum atomic E-state index is -0.242. The highest BCUT2D eigenvalue weighted by molar-refractivity contribution is 7.18. The second kappa shape index (κ2) is 5.87. The lowest BCUT2D eigenvalue weighted by Gasteiger charge is -2.05. The molecule has 0 aliphatic carbocycles. The van der Waals surface area contributed by atoms with Crippen molar-refractivity contribution in [1.82, 2.24) is 20.4 Å². The smallest absolute Gasteiger partial charge is 0.265 e. The minimum absolute atomic E-state index is 0.242. The number of nitrogen functional groups attached to an aromatic ring is 1. The molecule has 2 heterocycles. The SMILES string of the molecule is Cc1nc(CCNC(=O)c2sc(N(C)C)nc2N)no1. The molecule has 0 atom stereocenters. The predicted octanol–water partition coefficient (Wildman–Crippen LogP) is 0.455. The number of nitrogens with two attached hydrogens (primary N) is 1. The number of rotatable bonds is 5. The highest BCUT2D eigenvalue weighted by atomic mass is 32.1. The molecular weight excluding hydrogens is 280 g/mol. The largest absolute Gasteiger partial charge is 0.382 e. The molecule has 2 aromatic rings. The number of aryl methyl sites for hydroxylation is 1. The zero-order valence-electron chi connectivity index (χ0n) is 11.5. The molecule has 3 N–H and O–H groups in total. The maximum Gasteiger partial charge on any atom is 0.265 e. The molecule has 20 heavy (non-hydrogen) atoms. The molecule has 0 aliphatic rings. The number of amides is 1. The van der Waals surface area contributed by atoms with E-state index in [4.69, 9.17) is 10.3 Å². The Balaban J connectivity index is 1.91. The van der Waals surface area contributed by atoms with Crippen molar-refractivity contribution < 1.29 is 9.32 Å². The zero-order chi connectivity index (χ0) is 14.7. The monoisotopic (exact) mass is 296 g/mol. The van der Waals surface area contributed by atoms with Crippen molar-refractivity contribution in [2.45, 2.75) is 13.3 Å². The third-order valence-electron chi connectivity index (χ3n) is 2.43. The number of carbonyl (C=O) groups excluding carboxylic acids is 1. The summed E-state index contributed by atoms with van der Waals surface area (Å²) < 4.78 is 4.85. The minimum Gasteiger partial charge on any atom is -0.382 e. The normalized spacial score (nSPS) is 10.6. The van der Waals surface area contributed by atoms with Gasteiger partial charge in [-0.15, -0.1) is 0 Å². The number of nitrogens with one attached hydrogen (secondary N) is 1. The Morgan fingerprint density at radius 3 is 2.75 bits per heavy atom. The number of thiazole rings is 1. The zero-order valence-corrected chi connectivity index (χ0v) is 12.3. The lowest BCUT2D eigenvalue weighted by Crippen LogP contribution is -2.25. The van der Waals surface area contributed by atoms with E-state index < -0.39 is 0 Å². The molecule has 108 valence electrons. The summed E-state index contributed by atoms with van der Waals surface area (Å²) >= 11 is 1.25. The van der Waals surface area contributed by atoms with Gasteiger partial charge in [0.05, 0.1) is 0 Å². The molecule has 0 aromatic carbocycles. The summed E-state index contributed by atoms with van der Waals surface area (Å²) in [7, 11) is 3.69. The van der Waals surface area contributed by atoms with Gasteiger partial charge >= 0.3 is 0 Å². The fourth-order valence-electron chi connectivity index (χ4n) is 1.49. The maximum absolute atomic E-state index is 12.0. The molecule has 0 aliphatic heterocycles. The summed E-state index contributed by atoms with van der Waals surface area (Å²) in [5.74, 6) is 1.07. The van der Waals surface area contributed by atoms with E-state index >= 15 is 0 Å². The first-order valence-electron chi connectivity index (χ1n) is 5.98. The molecule has 2 aromatic heterocycles. The van der Waals surface area contributed by atoms with Crippen molar-refractivity contribution in [3.63, 3.8) is 0 Å². The van der Waals surface area contributed by atoms with E-state index in [1.165, 1.54) is 11.3 Å². The van der Waals surface area contributed by atoms with E-state index in [9.17, 15) is 4.79 Å². The van der Waals surface area contributed by atoms with Crippen molar-refractivity contribution in [2.24, 2.45) is 0 Å². The van der Waals surface area contributed by atoms with Crippen LogP contribution in [-0.2, 0) is 6.42 Å². The van der Waals surface area contributed by atoms with E-state index in [1.807, 2.05) is 14.1 Å². The first-order valence-corrected chi connectivity index (χ1v) is 6.80. The Kier molecular flexibility index (Phi) is 4.18. The van der Waals surface area contributed by atoms with Crippen molar-refractivity contribution in [3.05, 3.63) is 16.6 Å². The molecule has 0 saturated heterocycles. The van der Waals surface area contributed by atoms with Gasteiger partial charge in [-0.05, 0) is 0 Å². The fourth-order valence-corrected chi connectivity index (χ4v) is 2.31. The van der Waals surface area contributed by atoms with Crippen LogP contribution in [0.1, 0.15) is 21.4 Å². The van der Waals surface area contributed by atoms with Gasteiger partial charge in [-0.3, -0.25) is 4.79 Å². The average Bonchev–Trinajstić information content (AvgIpc) is 2.95. The van der Waals surface area contributed by atoms with Gasteiger partial charge < -0.3 is 20.5 Å². The topological polar surface area (TPSA) is 110 Å². The molecule has 2 rings (SSSR count). The van der Waals surface area contributed by atoms with E-state index in [0.29, 0.717) is 34.7 Å². The van der Waals surface area contributed by atoms with Gasteiger partial charge in [-0.2, -0.15) is 4.98 Å². The van der Waals surface area contributed by atoms with Gasteiger partial charge in [0.15, 0.2) is 11.0 Å². The summed E-state index contributed by atoms with van der Waals surface area (Å²) in [6.07, 6.45) is 0.502. The Morgan fingerprint density at radius 2 is 2.20 bits per heavy atom. The molecule has 0 bridgehead atoms. The summed E-state index contributed by atoms with van der Waals surface area (Å²) in [6, 6.07) is 0. The number of anilines is 2. The number of hydrogen-bond acceptors (Lipinski definition) is 8. The van der Waals surface area contributed by atoms with Crippen molar-refractivity contribution >= 4 is 28.2 Å². The van der Waals surface area contributed by atoms with E-state index in [1.54, 1.807) is 11.8 Å². The first-order chi connectivity index (χ1) is 9.47. The molecule has 0 unspecified atom stereocenters. The Labute approximate surface area is 120 Å². The third-order valence-corrected chi connectivity index (χ3v) is 3.67. The highest BCUT2D eigenvalue weighted by Crippen LogP contribution is 2.26. The average molecular weight is 296 g/mol. The van der Waals surface area contributed by atoms with Crippen LogP contribution in [0.25, 0.3) is 0 Å². The molecule has 0 radical (unpaired) electrons. The van der Waals surface area contributed by atoms with Crippen LogP contribution in [0, 0.1) is 6.92 Å². The van der Waals surface area contributed by atoms with Crippen molar-refractivity contribution in [1.29, 1.82) is 0 Å². The maximum atomic E-state index is 12.0. The van der Waals surface area contributed by atoms with E-state index in [0.717, 1.165) is 0 Å². The van der Waals surface area contributed by atoms with Gasteiger partial charge in [0, 0.05) is 34.0 Å². The van der Waals surface area contributed by atoms with Gasteiger partial charge in [-0.25, -0.2) is 4.98 Å². The highest BCUT2D eigenvalue weighted by Gasteiger charge is 2.16. The van der Waals surface area contributed by atoms with Crippen LogP contribution in [0.4, 0.5) is 10.9 Å². The Hall–Kier alpha value is -2.16. The Bertz CT molecular complexity index is 606. The van der Waals surface area contributed by atoms with E-state index in [-0.39, 0.29) is 11.7 Å². The first kappa shape index (κ1) is 14.3. The molecule has 0 spiro atoms. The molecule has 0 saturated carbocycles. The number of nitrogens with zero attached hydrogens (tertiary/aromatic N) is 4. The Morgan fingerprint density at radius 1 is 1.45 bits per heavy atom. The number of carbonyl (C=O) groups is 1. The van der Waals surface area contributed by atoms with Gasteiger partial charge in [-0.1, -0.05) is 16.5 Å². The summed E-state index contributed by atoms with van der Waals surface area (Å²) in [5, 5.41) is 7.21. The molecule has 8 nitrogen and oxygen atoms in total. The van der Waals surface area contributed by atoms with E-state index in [2.05, 4.69) is 20.4 Å². The predicted molar refractivity (Wildman–Crippen MR) is 75.9 cm³/mol. The summed E-state index contributed by atoms with van der Waals surface area (Å²) in [5.41, 5.74) is 5.74. The molecular formula is C11H16N6O2S. The third kappa shape index (κ3) is 3.23. The number of aromatic nitrogens is 3. The standard InChI is InChI=1S/C11H16N6O2S/c1-6-14-7(16-19-6)4-5-13-10(18)8-9(12)15-11(20-8)17(2)3/h4-5,12H2,1-3H3,(H,13,18). The number of hydrogen-bond donors (Lipinski definition) is 2. The lowest BCUT2D eigenvalue weighted by atomic mass is 10.4. The molecule has 0 fully saturated rings. The lowest BCUT2D eigenvalue weighted by molar-refractivity contribution is 0.0958. The second-order valence-electron chi connectivity index (χ2n) is 4.34. The van der Waals surface area contributed by atoms with Crippen LogP contribution in [-0.4, -0.2) is 41.7 Å². The van der Waals surface area contributed by atoms with Crippen LogP contribution in [0.2, 0.25) is 0 Å². The summed E-state index contributed by atoms with van der Waals surface area (Å²) in [4.78, 5) is 22.4. The van der Waals surface area contributed by atoms with Gasteiger partial charge in [0.1, 0.15) is 10.7 Å². The second-order valence-corrected chi connectivity index (χ2v) is 5.32. The van der Waals surface area contributed by atoms with Crippen LogP contribution < -0.4 is 16.0 Å². The summed E-state index contributed by atoms with van der Waals surface area (Å²) in [6.45, 7) is 2.13. The van der Waals surface area contributed by atoms with Gasteiger partial charge in [0.25, 0.3) is 5.91 Å². The molecule has 9 heteroatoms. The fraction of sp³-hybridized carbons (Fsp3) is 0.455. The van der Waals surface area contributed by atoms with Crippen molar-refractivity contribution in [2.75, 3.05) is 31.3 Å². The molecule has 1 amide bonds. The van der Waals surface area contributed by atoms with Crippen molar-refractivity contribution in [3.8, 4) is 0 Å². The van der Waals surface area contributed by atoms with Crippen LogP contribution in [0.5, 0.6) is 0 Å².